The van der Waals surface area contributed by atoms with Crippen LogP contribution >= 0.6 is 11.6 Å². The van der Waals surface area contributed by atoms with E-state index in [2.05, 4.69) is 4.72 Å². The molecule has 24 heavy (non-hydrogen) atoms. The summed E-state index contributed by atoms with van der Waals surface area (Å²) in [6.07, 6.45) is 0. The zero-order chi connectivity index (χ0) is 17.2. The molecule has 0 unspecified atom stereocenters. The van der Waals surface area contributed by atoms with Crippen molar-refractivity contribution >= 4 is 27.3 Å². The van der Waals surface area contributed by atoms with Crippen LogP contribution < -0.4 is 4.72 Å². The van der Waals surface area contributed by atoms with Crippen LogP contribution in [0.4, 0.5) is 10.1 Å². The quantitative estimate of drug-likeness (QED) is 0.714. The monoisotopic (exact) mass is 361 g/mol. The third kappa shape index (κ3) is 3.42. The van der Waals surface area contributed by atoms with E-state index < -0.39 is 15.8 Å². The minimum atomic E-state index is -3.72. The van der Waals surface area contributed by atoms with Gasteiger partial charge < -0.3 is 0 Å². The summed E-state index contributed by atoms with van der Waals surface area (Å²) in [7, 11) is -3.72. The topological polar surface area (TPSA) is 46.2 Å². The van der Waals surface area contributed by atoms with Crippen molar-refractivity contribution in [3.63, 3.8) is 0 Å². The van der Waals surface area contributed by atoms with Gasteiger partial charge in [-0.05, 0) is 35.9 Å². The Morgan fingerprint density at radius 1 is 0.875 bits per heavy atom. The van der Waals surface area contributed by atoms with Crippen molar-refractivity contribution in [1.29, 1.82) is 0 Å². The van der Waals surface area contributed by atoms with E-state index in [1.165, 1.54) is 24.3 Å². The number of sulfonamides is 1. The molecular formula is C18H13ClFNO2S. The van der Waals surface area contributed by atoms with Gasteiger partial charge in [-0.15, -0.1) is 0 Å². The Kier molecular flexibility index (Phi) is 4.55. The Morgan fingerprint density at radius 3 is 2.25 bits per heavy atom. The van der Waals surface area contributed by atoms with Crippen LogP contribution in [0.2, 0.25) is 5.02 Å². The van der Waals surface area contributed by atoms with Gasteiger partial charge in [-0.3, -0.25) is 4.72 Å². The molecule has 1 N–H and O–H groups in total. The standard InChI is InChI=1S/C18H13ClFNO2S/c19-16-12-13(10-11-17(16)20)15-8-4-5-9-18(15)21-24(22,23)14-6-2-1-3-7-14/h1-12,21H. The molecule has 0 bridgehead atoms. The highest BCUT2D eigenvalue weighted by atomic mass is 35.5. The fourth-order valence-electron chi connectivity index (χ4n) is 2.29. The first-order valence-corrected chi connectivity index (χ1v) is 8.96. The average Bonchev–Trinajstić information content (AvgIpc) is 2.58. The van der Waals surface area contributed by atoms with E-state index in [0.29, 0.717) is 16.8 Å². The molecule has 0 aromatic heterocycles. The van der Waals surface area contributed by atoms with E-state index in [9.17, 15) is 12.8 Å². The van der Waals surface area contributed by atoms with Crippen LogP contribution in [0.15, 0.2) is 77.7 Å². The minimum absolute atomic E-state index is 0.0202. The number of halogens is 2. The van der Waals surface area contributed by atoms with Crippen LogP contribution in [-0.2, 0) is 10.0 Å². The molecule has 3 aromatic carbocycles. The number of hydrogen-bond donors (Lipinski definition) is 1. The van der Waals surface area contributed by atoms with E-state index >= 15 is 0 Å². The van der Waals surface area contributed by atoms with Gasteiger partial charge >= 0.3 is 0 Å². The van der Waals surface area contributed by atoms with Gasteiger partial charge in [-0.25, -0.2) is 12.8 Å². The molecule has 3 nitrogen and oxygen atoms in total. The highest BCUT2D eigenvalue weighted by Crippen LogP contribution is 2.31. The normalized spacial score (nSPS) is 11.2. The molecule has 6 heteroatoms. The molecule has 0 aliphatic rings. The second-order valence-corrected chi connectivity index (χ2v) is 7.18. The predicted molar refractivity (Wildman–Crippen MR) is 94.1 cm³/mol. The van der Waals surface area contributed by atoms with Crippen molar-refractivity contribution in [3.8, 4) is 11.1 Å². The summed E-state index contributed by atoms with van der Waals surface area (Å²) in [6, 6.07) is 19.2. The van der Waals surface area contributed by atoms with Gasteiger partial charge in [0.15, 0.2) is 0 Å². The number of benzene rings is 3. The summed E-state index contributed by atoms with van der Waals surface area (Å²) in [5.41, 5.74) is 1.62. The predicted octanol–water partition coefficient (Wildman–Crippen LogP) is 4.95. The van der Waals surface area contributed by atoms with Gasteiger partial charge in [-0.2, -0.15) is 0 Å². The van der Waals surface area contributed by atoms with Crippen molar-refractivity contribution in [2.45, 2.75) is 4.90 Å². The highest BCUT2D eigenvalue weighted by Gasteiger charge is 2.16. The number of rotatable bonds is 4. The smallest absolute Gasteiger partial charge is 0.261 e. The summed E-state index contributed by atoms with van der Waals surface area (Å²) in [4.78, 5) is 0.164. The van der Waals surface area contributed by atoms with E-state index in [-0.39, 0.29) is 9.92 Å². The minimum Gasteiger partial charge on any atom is -0.279 e. The number of anilines is 1. The lowest BCUT2D eigenvalue weighted by Gasteiger charge is -2.13. The van der Waals surface area contributed by atoms with Crippen LogP contribution in [0.25, 0.3) is 11.1 Å². The van der Waals surface area contributed by atoms with Crippen molar-refractivity contribution in [2.24, 2.45) is 0 Å². The van der Waals surface area contributed by atoms with Gasteiger partial charge in [0.1, 0.15) is 5.82 Å². The molecule has 0 aliphatic heterocycles. The Bertz CT molecular complexity index is 975. The summed E-state index contributed by atoms with van der Waals surface area (Å²) < 4.78 is 41.0. The number of nitrogens with one attached hydrogen (secondary N) is 1. The van der Waals surface area contributed by atoms with Crippen molar-refractivity contribution < 1.29 is 12.8 Å². The maximum absolute atomic E-state index is 13.4. The zero-order valence-corrected chi connectivity index (χ0v) is 14.0. The number of para-hydroxylation sites is 1. The van der Waals surface area contributed by atoms with Crippen molar-refractivity contribution in [2.75, 3.05) is 4.72 Å². The van der Waals surface area contributed by atoms with Gasteiger partial charge in [0.05, 0.1) is 15.6 Å². The lowest BCUT2D eigenvalue weighted by molar-refractivity contribution is 0.601. The van der Waals surface area contributed by atoms with Crippen molar-refractivity contribution in [1.82, 2.24) is 0 Å². The van der Waals surface area contributed by atoms with E-state index in [0.717, 1.165) is 0 Å². The fourth-order valence-corrected chi connectivity index (χ4v) is 3.57. The first kappa shape index (κ1) is 16.5. The molecule has 3 rings (SSSR count). The van der Waals surface area contributed by atoms with Crippen LogP contribution in [0.3, 0.4) is 0 Å². The maximum atomic E-state index is 13.4. The average molecular weight is 362 g/mol. The molecule has 122 valence electrons. The second kappa shape index (κ2) is 6.63. The molecule has 0 saturated carbocycles. The first-order chi connectivity index (χ1) is 11.5. The third-order valence-corrected chi connectivity index (χ3v) is 5.13. The van der Waals surface area contributed by atoms with Crippen LogP contribution in [-0.4, -0.2) is 8.42 Å². The van der Waals surface area contributed by atoms with Gasteiger partial charge in [0.25, 0.3) is 10.0 Å². The molecular weight excluding hydrogens is 349 g/mol. The molecule has 0 fully saturated rings. The molecule has 0 aliphatic carbocycles. The van der Waals surface area contributed by atoms with Crippen LogP contribution in [0, 0.1) is 5.82 Å². The Morgan fingerprint density at radius 2 is 1.54 bits per heavy atom. The summed E-state index contributed by atoms with van der Waals surface area (Å²) >= 11 is 5.83. The van der Waals surface area contributed by atoms with Crippen LogP contribution in [0.1, 0.15) is 0 Å². The van der Waals surface area contributed by atoms with E-state index in [1.807, 2.05) is 0 Å². The molecule has 0 radical (unpaired) electrons. The molecule has 3 aromatic rings. The van der Waals surface area contributed by atoms with Crippen molar-refractivity contribution in [3.05, 3.63) is 83.6 Å². The Labute approximate surface area is 144 Å². The summed E-state index contributed by atoms with van der Waals surface area (Å²) in [5.74, 6) is -0.525. The van der Waals surface area contributed by atoms with Gasteiger partial charge in [0.2, 0.25) is 0 Å². The second-order valence-electron chi connectivity index (χ2n) is 5.09. The first-order valence-electron chi connectivity index (χ1n) is 7.10. The largest absolute Gasteiger partial charge is 0.279 e. The third-order valence-electron chi connectivity index (χ3n) is 3.46. The molecule has 0 amide bonds. The highest BCUT2D eigenvalue weighted by molar-refractivity contribution is 7.92. The lowest BCUT2D eigenvalue weighted by Crippen LogP contribution is -2.13. The summed E-state index contributed by atoms with van der Waals surface area (Å²) in [6.45, 7) is 0. The Hall–Kier alpha value is -2.37. The molecule has 0 heterocycles. The number of hydrogen-bond acceptors (Lipinski definition) is 2. The van der Waals surface area contributed by atoms with Crippen LogP contribution in [0.5, 0.6) is 0 Å². The van der Waals surface area contributed by atoms with E-state index in [1.54, 1.807) is 48.5 Å². The van der Waals surface area contributed by atoms with Gasteiger partial charge in [0, 0.05) is 5.56 Å². The SMILES string of the molecule is O=S(=O)(Nc1ccccc1-c1ccc(F)c(Cl)c1)c1ccccc1. The maximum Gasteiger partial charge on any atom is 0.261 e. The molecule has 0 atom stereocenters. The fraction of sp³-hybridized carbons (Fsp3) is 0. The van der Waals surface area contributed by atoms with E-state index in [4.69, 9.17) is 11.6 Å². The van der Waals surface area contributed by atoms with Gasteiger partial charge in [-0.1, -0.05) is 54.1 Å². The molecule has 0 saturated heterocycles. The zero-order valence-electron chi connectivity index (χ0n) is 12.4. The lowest BCUT2D eigenvalue weighted by atomic mass is 10.0. The summed E-state index contributed by atoms with van der Waals surface area (Å²) in [5, 5.41) is -0.0202. The molecule has 0 spiro atoms. The Balaban J connectivity index is 2.03.